The molecule has 0 heterocycles. The van der Waals surface area contributed by atoms with Gasteiger partial charge < -0.3 is 4.79 Å². The first-order chi connectivity index (χ1) is 16.5. The molecular weight excluding hydrogens is 446 g/mol. The molecule has 0 aromatic heterocycles. The van der Waals surface area contributed by atoms with Crippen LogP contribution >= 0.6 is 0 Å². The van der Waals surface area contributed by atoms with Gasteiger partial charge in [0, 0.05) is 23.7 Å². The molecule has 0 spiro atoms. The first-order valence-corrected chi connectivity index (χ1v) is 14.2. The van der Waals surface area contributed by atoms with Crippen LogP contribution in [-0.4, -0.2) is 17.3 Å². The van der Waals surface area contributed by atoms with E-state index in [2.05, 4.69) is 39.5 Å². The lowest BCUT2D eigenvalue weighted by molar-refractivity contribution is -0.214. The lowest BCUT2D eigenvalue weighted by Gasteiger charge is -2.71. The van der Waals surface area contributed by atoms with Crippen LogP contribution in [0.5, 0.6) is 0 Å². The number of fused-ring (bicyclic) bond motifs is 7. The van der Waals surface area contributed by atoms with Crippen LogP contribution in [0.25, 0.3) is 4.85 Å². The van der Waals surface area contributed by atoms with Crippen molar-refractivity contribution in [3.63, 3.8) is 0 Å². The summed E-state index contributed by atoms with van der Waals surface area (Å²) in [5, 5.41) is 0. The third kappa shape index (κ3) is 3.13. The molecule has 3 unspecified atom stereocenters. The van der Waals surface area contributed by atoms with E-state index in [0.29, 0.717) is 23.9 Å². The molecule has 0 saturated heterocycles. The fraction of sp³-hybridized carbons (Fsp3) is 0.812. The number of hydrogen-bond donors (Lipinski definition) is 0. The zero-order valence-electron chi connectivity index (χ0n) is 23.7. The Morgan fingerprint density at radius 3 is 2.17 bits per heavy atom. The summed E-state index contributed by atoms with van der Waals surface area (Å²) in [6, 6.07) is 0. The smallest absolute Gasteiger partial charge is 0.226 e. The van der Waals surface area contributed by atoms with E-state index < -0.39 is 5.41 Å². The summed E-state index contributed by atoms with van der Waals surface area (Å²) in [4.78, 5) is 44.0. The van der Waals surface area contributed by atoms with E-state index in [-0.39, 0.29) is 62.7 Å². The van der Waals surface area contributed by atoms with Gasteiger partial charge in [0.2, 0.25) is 5.70 Å². The van der Waals surface area contributed by atoms with Crippen LogP contribution in [-0.2, 0) is 14.4 Å². The molecule has 0 N–H and O–H groups in total. The van der Waals surface area contributed by atoms with Gasteiger partial charge >= 0.3 is 0 Å². The van der Waals surface area contributed by atoms with Crippen LogP contribution in [0.3, 0.4) is 0 Å². The number of nitrogens with zero attached hydrogens (tertiary/aromatic N) is 1. The minimum Gasteiger partial charge on any atom is -0.307 e. The molecule has 4 nitrogen and oxygen atoms in total. The Bertz CT molecular complexity index is 1110. The van der Waals surface area contributed by atoms with Crippen molar-refractivity contribution < 1.29 is 14.4 Å². The van der Waals surface area contributed by atoms with Crippen molar-refractivity contribution in [3.8, 4) is 0 Å². The standard InChI is InChI=1S/C32H45NO3/c1-18(34)20-15-28(2,3)16-21-19(20)10-12-32(8)26(21)23(35)14-25-30(6)17-22(33-9)27(36)29(4,5)24(30)11-13-31(25,32)7/h17,19-21,24-26H,10-16H2,1-8H3/t19?,20-,21?,24-,25+,26?,30-,31+,32+/m0/s1. The van der Waals surface area contributed by atoms with Crippen molar-refractivity contribution in [2.24, 2.45) is 62.6 Å². The van der Waals surface area contributed by atoms with E-state index in [1.165, 1.54) is 0 Å². The fourth-order valence-electron chi connectivity index (χ4n) is 11.1. The highest BCUT2D eigenvalue weighted by molar-refractivity contribution is 6.02. The quantitative estimate of drug-likeness (QED) is 0.368. The van der Waals surface area contributed by atoms with Crippen LogP contribution in [0.2, 0.25) is 0 Å². The van der Waals surface area contributed by atoms with Crippen molar-refractivity contribution in [2.45, 2.75) is 100 Å². The Balaban J connectivity index is 1.61. The summed E-state index contributed by atoms with van der Waals surface area (Å²) in [5.41, 5.74) is -0.781. The molecule has 36 heavy (non-hydrogen) atoms. The fourth-order valence-corrected chi connectivity index (χ4v) is 11.1. The van der Waals surface area contributed by atoms with E-state index in [0.717, 1.165) is 38.5 Å². The molecule has 4 heteroatoms. The summed E-state index contributed by atoms with van der Waals surface area (Å²) >= 11 is 0. The number of Topliss-reactive ketones (excluding diaryl/α,β-unsaturated/α-hetero) is 3. The normalized spacial score (nSPS) is 48.9. The number of carbonyl (C=O) groups is 3. The molecule has 0 radical (unpaired) electrons. The van der Waals surface area contributed by atoms with Gasteiger partial charge in [0.25, 0.3) is 0 Å². The van der Waals surface area contributed by atoms with Crippen molar-refractivity contribution in [2.75, 3.05) is 0 Å². The lowest BCUT2D eigenvalue weighted by atomic mass is 9.32. The van der Waals surface area contributed by atoms with Crippen LogP contribution in [0.15, 0.2) is 11.8 Å². The second-order valence-corrected chi connectivity index (χ2v) is 15.3. The molecule has 5 aliphatic rings. The minimum atomic E-state index is -0.592. The predicted octanol–water partition coefficient (Wildman–Crippen LogP) is 7.08. The lowest BCUT2D eigenvalue weighted by Crippen LogP contribution is -2.67. The van der Waals surface area contributed by atoms with Crippen LogP contribution in [0, 0.1) is 69.2 Å². The maximum Gasteiger partial charge on any atom is 0.226 e. The molecule has 196 valence electrons. The number of ketones is 3. The third-order valence-electron chi connectivity index (χ3n) is 12.8. The molecule has 4 saturated carbocycles. The molecule has 5 aliphatic carbocycles. The zero-order valence-corrected chi connectivity index (χ0v) is 23.7. The van der Waals surface area contributed by atoms with Gasteiger partial charge in [-0.3, -0.25) is 9.59 Å². The van der Waals surface area contributed by atoms with Gasteiger partial charge in [0.15, 0.2) is 5.78 Å². The maximum atomic E-state index is 14.3. The molecule has 0 aromatic carbocycles. The van der Waals surface area contributed by atoms with Gasteiger partial charge in [0.1, 0.15) is 11.6 Å². The second kappa shape index (κ2) is 7.64. The first-order valence-electron chi connectivity index (χ1n) is 14.2. The van der Waals surface area contributed by atoms with Gasteiger partial charge in [-0.15, -0.1) is 0 Å². The highest BCUT2D eigenvalue weighted by Gasteiger charge is 2.71. The minimum absolute atomic E-state index is 0.00150. The summed E-state index contributed by atoms with van der Waals surface area (Å²) in [5.74, 6) is 1.58. The van der Waals surface area contributed by atoms with E-state index in [1.54, 1.807) is 6.92 Å². The zero-order chi connectivity index (χ0) is 26.6. The topological polar surface area (TPSA) is 55.6 Å². The number of allylic oxidation sites excluding steroid dienone is 2. The Morgan fingerprint density at radius 1 is 0.917 bits per heavy atom. The summed E-state index contributed by atoms with van der Waals surface area (Å²) in [7, 11) is 0. The number of carbonyl (C=O) groups excluding carboxylic acids is 3. The van der Waals surface area contributed by atoms with Gasteiger partial charge in [0.05, 0.1) is 6.57 Å². The first kappa shape index (κ1) is 25.9. The average Bonchev–Trinajstić information content (AvgIpc) is 2.76. The van der Waals surface area contributed by atoms with Crippen LogP contribution < -0.4 is 0 Å². The van der Waals surface area contributed by atoms with Gasteiger partial charge in [-0.1, -0.05) is 54.5 Å². The molecule has 9 atom stereocenters. The van der Waals surface area contributed by atoms with Crippen molar-refractivity contribution in [1.82, 2.24) is 0 Å². The largest absolute Gasteiger partial charge is 0.307 e. The second-order valence-electron chi connectivity index (χ2n) is 15.3. The van der Waals surface area contributed by atoms with E-state index in [4.69, 9.17) is 6.57 Å². The number of rotatable bonds is 1. The van der Waals surface area contributed by atoms with Crippen molar-refractivity contribution >= 4 is 17.3 Å². The van der Waals surface area contributed by atoms with E-state index >= 15 is 0 Å². The SMILES string of the molecule is [C-]#[N+]C1=C[C@]2(C)[C@H]3CC(=O)C4C5CC(C)(C)C[C@@H](C(C)=O)C5CC[C@@]4(C)[C@]3(C)CC[C@H]2C(C)(C)C1=O. The summed E-state index contributed by atoms with van der Waals surface area (Å²) in [6.07, 6.45) is 8.47. The Hall–Kier alpha value is -1.76. The molecule has 0 aliphatic heterocycles. The number of hydrogen-bond acceptors (Lipinski definition) is 3. The Labute approximate surface area is 217 Å². The van der Waals surface area contributed by atoms with Gasteiger partial charge in [-0.2, -0.15) is 0 Å². The molecule has 0 amide bonds. The average molecular weight is 492 g/mol. The van der Waals surface area contributed by atoms with Crippen LogP contribution in [0.1, 0.15) is 100 Å². The molecular formula is C32H45NO3. The van der Waals surface area contributed by atoms with Gasteiger partial charge in [-0.25, -0.2) is 4.85 Å². The van der Waals surface area contributed by atoms with Crippen molar-refractivity contribution in [3.05, 3.63) is 23.2 Å². The highest BCUT2D eigenvalue weighted by atomic mass is 16.1. The predicted molar refractivity (Wildman–Crippen MR) is 141 cm³/mol. The Morgan fingerprint density at radius 2 is 1.56 bits per heavy atom. The Kier molecular flexibility index (Phi) is 5.49. The summed E-state index contributed by atoms with van der Waals surface area (Å²) < 4.78 is 0. The summed E-state index contributed by atoms with van der Waals surface area (Å²) in [6.45, 7) is 25.2. The molecule has 4 fully saturated rings. The molecule has 5 rings (SSSR count). The molecule has 0 bridgehead atoms. The van der Waals surface area contributed by atoms with Crippen LogP contribution in [0.4, 0.5) is 0 Å². The van der Waals surface area contributed by atoms with E-state index in [1.807, 2.05) is 19.9 Å². The molecule has 0 aromatic rings. The van der Waals surface area contributed by atoms with Crippen molar-refractivity contribution in [1.29, 1.82) is 0 Å². The maximum absolute atomic E-state index is 14.3. The van der Waals surface area contributed by atoms with E-state index in [9.17, 15) is 14.4 Å². The highest BCUT2D eigenvalue weighted by Crippen LogP contribution is 2.74. The third-order valence-corrected chi connectivity index (χ3v) is 12.8. The van der Waals surface area contributed by atoms with Gasteiger partial charge in [-0.05, 0) is 90.8 Å². The monoisotopic (exact) mass is 491 g/mol.